The summed E-state index contributed by atoms with van der Waals surface area (Å²) in [4.78, 5) is 33.3. The lowest BCUT2D eigenvalue weighted by molar-refractivity contribution is 0.769. The van der Waals surface area contributed by atoms with Gasteiger partial charge in [-0.3, -0.25) is 0 Å². The summed E-state index contributed by atoms with van der Waals surface area (Å²) in [6, 6.07) is 165. The molecule has 121 heavy (non-hydrogen) atoms. The van der Waals surface area contributed by atoms with Crippen LogP contribution >= 0.6 is 0 Å². The van der Waals surface area contributed by atoms with Gasteiger partial charge in [0.15, 0.2) is 34.9 Å². The number of hydrogen-bond donors (Lipinski definition) is 0. The van der Waals surface area contributed by atoms with Gasteiger partial charge < -0.3 is 0 Å². The highest BCUT2D eigenvalue weighted by molar-refractivity contribution is 5.91. The van der Waals surface area contributed by atoms with Crippen LogP contribution in [-0.4, -0.2) is 29.9 Å². The maximum atomic E-state index is 5.55. The molecule has 0 bridgehead atoms. The second-order valence-electron chi connectivity index (χ2n) is 30.9. The third kappa shape index (κ3) is 14.4. The van der Waals surface area contributed by atoms with Crippen LogP contribution in [0.1, 0.15) is 22.3 Å². The second-order valence-corrected chi connectivity index (χ2v) is 30.9. The molecule has 0 saturated heterocycles. The predicted molar refractivity (Wildman–Crippen MR) is 497 cm³/mol. The highest BCUT2D eigenvalue weighted by atomic mass is 15.0. The molecule has 0 N–H and O–H groups in total. The molecular weight excluding hydrogens is 1470 g/mol. The molecule has 0 radical (unpaired) electrons. The van der Waals surface area contributed by atoms with Gasteiger partial charge in [0.1, 0.15) is 0 Å². The molecule has 1 aliphatic carbocycles. The minimum absolute atomic E-state index is 0.556. The van der Waals surface area contributed by atoms with Gasteiger partial charge in [0.25, 0.3) is 0 Å². The lowest BCUT2D eigenvalue weighted by Crippen LogP contribution is -2.28. The smallest absolute Gasteiger partial charge is 0.164 e. The number of aromatic nitrogens is 6. The highest BCUT2D eigenvalue weighted by Crippen LogP contribution is 2.57. The van der Waals surface area contributed by atoms with Crippen LogP contribution in [0, 0.1) is 0 Å². The summed E-state index contributed by atoms with van der Waals surface area (Å²) < 4.78 is 0. The molecule has 6 heteroatoms. The van der Waals surface area contributed by atoms with Crippen molar-refractivity contribution < 1.29 is 0 Å². The fourth-order valence-electron chi connectivity index (χ4n) is 17.5. The van der Waals surface area contributed by atoms with Crippen LogP contribution < -0.4 is 0 Å². The lowest BCUT2D eigenvalue weighted by Gasteiger charge is -2.34. The van der Waals surface area contributed by atoms with Gasteiger partial charge in [0, 0.05) is 33.4 Å². The Morgan fingerprint density at radius 1 is 0.116 bits per heavy atom. The topological polar surface area (TPSA) is 77.3 Å². The zero-order chi connectivity index (χ0) is 80.4. The van der Waals surface area contributed by atoms with E-state index in [0.717, 1.165) is 156 Å². The Kier molecular flexibility index (Phi) is 19.1. The summed E-state index contributed by atoms with van der Waals surface area (Å²) in [6.45, 7) is 0. The average Bonchev–Trinajstić information content (AvgIpc) is 1.54. The maximum absolute atomic E-state index is 5.55. The molecule has 0 spiro atoms. The van der Waals surface area contributed by atoms with Crippen molar-refractivity contribution in [2.45, 2.75) is 5.41 Å². The quantitative estimate of drug-likeness (QED) is 0.0852. The van der Waals surface area contributed by atoms with E-state index in [0.29, 0.717) is 34.9 Å². The second kappa shape index (κ2) is 31.9. The van der Waals surface area contributed by atoms with Crippen molar-refractivity contribution in [3.05, 3.63) is 483 Å². The van der Waals surface area contributed by atoms with Crippen LogP contribution in [0.5, 0.6) is 0 Å². The molecule has 0 amide bonds. The van der Waals surface area contributed by atoms with Crippen LogP contribution in [0.2, 0.25) is 0 Å². The molecule has 6 nitrogen and oxygen atoms in total. The molecule has 2 aromatic heterocycles. The Labute approximate surface area is 704 Å². The van der Waals surface area contributed by atoms with E-state index in [1.807, 2.05) is 0 Å². The third-order valence-corrected chi connectivity index (χ3v) is 23.3. The van der Waals surface area contributed by atoms with Crippen LogP contribution in [0.25, 0.3) is 191 Å². The Balaban J connectivity index is 0.704. The van der Waals surface area contributed by atoms with Gasteiger partial charge in [-0.2, -0.15) is 0 Å². The van der Waals surface area contributed by atoms with E-state index in [1.165, 1.54) is 22.3 Å². The summed E-state index contributed by atoms with van der Waals surface area (Å²) in [6.07, 6.45) is 0. The van der Waals surface area contributed by atoms with E-state index in [4.69, 9.17) is 29.9 Å². The van der Waals surface area contributed by atoms with Gasteiger partial charge in [0.05, 0.1) is 5.41 Å². The van der Waals surface area contributed by atoms with E-state index in [2.05, 4.69) is 461 Å². The van der Waals surface area contributed by atoms with Gasteiger partial charge in [-0.1, -0.05) is 364 Å². The van der Waals surface area contributed by atoms with Crippen molar-refractivity contribution in [3.63, 3.8) is 0 Å². The molecule has 2 heterocycles. The van der Waals surface area contributed by atoms with Crippen molar-refractivity contribution in [3.8, 4) is 191 Å². The summed E-state index contributed by atoms with van der Waals surface area (Å²) in [5.74, 6) is 3.37. The van der Waals surface area contributed by atoms with Gasteiger partial charge >= 0.3 is 0 Å². The Morgan fingerprint density at radius 2 is 0.281 bits per heavy atom. The van der Waals surface area contributed by atoms with E-state index in [-0.39, 0.29) is 0 Å². The Bertz CT molecular complexity index is 6270. The van der Waals surface area contributed by atoms with Gasteiger partial charge in [-0.05, 0) is 242 Å². The van der Waals surface area contributed by atoms with Crippen molar-refractivity contribution in [1.29, 1.82) is 0 Å². The van der Waals surface area contributed by atoms with Crippen LogP contribution in [0.4, 0.5) is 0 Å². The molecule has 566 valence electrons. The van der Waals surface area contributed by atoms with Crippen molar-refractivity contribution >= 4 is 0 Å². The molecule has 20 aromatic rings. The largest absolute Gasteiger partial charge is 0.208 e. The molecule has 0 fully saturated rings. The van der Waals surface area contributed by atoms with Gasteiger partial charge in [0.2, 0.25) is 0 Å². The fraction of sp³-hybridized carbons (Fsp3) is 0.00870. The Hall–Kier alpha value is -16.0. The molecule has 0 aliphatic heterocycles. The molecule has 1 aliphatic rings. The summed E-state index contributed by atoms with van der Waals surface area (Å²) in [5.41, 5.74) is 32.9. The zero-order valence-electron chi connectivity index (χ0n) is 66.1. The van der Waals surface area contributed by atoms with E-state index in [1.54, 1.807) is 0 Å². The predicted octanol–water partition coefficient (Wildman–Crippen LogP) is 29.1. The number of benzene rings is 18. The first-order chi connectivity index (χ1) is 59.9. The van der Waals surface area contributed by atoms with Crippen molar-refractivity contribution in [1.82, 2.24) is 29.9 Å². The molecule has 0 saturated carbocycles. The monoisotopic (exact) mass is 1540 g/mol. The lowest BCUT2D eigenvalue weighted by atomic mass is 9.67. The fourth-order valence-corrected chi connectivity index (χ4v) is 17.5. The standard InChI is InChI=1S/C115H76N6/c1-9-33-77(34-10-1)91-63-92(78-35-11-2-12-36-78)68-99(67-91)111-116-109(117-112(120-111)100-69-93(79-37-13-3-14-38-79)64-94(70-100)80-39-15-4-16-40-80)89-53-29-49-85(61-89)87-51-31-55-103(75-87)115(107-59-27-25-57-105(107)106-58-26-28-60-108(106)115)104-56-32-52-88(76-104)86-50-30-54-90(62-86)110-118-113(101-71-95(81-41-17-5-18-42-81)65-96(72-101)82-43-19-6-20-44-82)121-114(119-110)102-73-97(83-45-21-7-22-46-83)66-98(74-102)84-47-23-8-24-48-84/h1-76H. The van der Waals surface area contributed by atoms with Crippen LogP contribution in [-0.2, 0) is 5.41 Å². The summed E-state index contributed by atoms with van der Waals surface area (Å²) >= 11 is 0. The SMILES string of the molecule is c1ccc(-c2cc(-c3ccccc3)cc(-c3nc(-c4cccc(-c5cccc(C6(c7cccc(-c8cccc(-c9nc(-c%10cc(-c%11ccccc%11)cc(-c%11ccccc%11)c%10)nc(-c%10cc(-c%11ccccc%11)cc(-c%11ccccc%11)c%10)n9)c8)c7)c7ccccc7-c7ccccc76)c5)c4)nc(-c4cc(-c5ccccc5)cc(-c5ccccc5)c4)n3)c2)cc1. The van der Waals surface area contributed by atoms with Crippen molar-refractivity contribution in [2.75, 3.05) is 0 Å². The molecule has 21 rings (SSSR count). The summed E-state index contributed by atoms with van der Waals surface area (Å²) in [7, 11) is 0. The number of rotatable bonds is 18. The van der Waals surface area contributed by atoms with E-state index >= 15 is 0 Å². The first-order valence-electron chi connectivity index (χ1n) is 41.1. The minimum Gasteiger partial charge on any atom is -0.208 e. The number of hydrogen-bond acceptors (Lipinski definition) is 6. The number of nitrogens with zero attached hydrogens (tertiary/aromatic N) is 6. The third-order valence-electron chi connectivity index (χ3n) is 23.3. The minimum atomic E-state index is -0.774. The van der Waals surface area contributed by atoms with Gasteiger partial charge in [-0.25, -0.2) is 29.9 Å². The highest BCUT2D eigenvalue weighted by Gasteiger charge is 2.46. The van der Waals surface area contributed by atoms with Crippen LogP contribution in [0.15, 0.2) is 461 Å². The molecular formula is C115H76N6. The average molecular weight is 1540 g/mol. The van der Waals surface area contributed by atoms with E-state index < -0.39 is 5.41 Å². The van der Waals surface area contributed by atoms with E-state index in [9.17, 15) is 0 Å². The molecule has 18 aromatic carbocycles. The first kappa shape index (κ1) is 72.7. The van der Waals surface area contributed by atoms with Gasteiger partial charge in [-0.15, -0.1) is 0 Å². The Morgan fingerprint density at radius 3 is 0.521 bits per heavy atom. The molecule has 0 atom stereocenters. The van der Waals surface area contributed by atoms with Crippen LogP contribution in [0.3, 0.4) is 0 Å². The number of fused-ring (bicyclic) bond motifs is 3. The first-order valence-corrected chi connectivity index (χ1v) is 41.1. The van der Waals surface area contributed by atoms with Crippen molar-refractivity contribution in [2.24, 2.45) is 0 Å². The molecule has 0 unspecified atom stereocenters. The normalized spacial score (nSPS) is 11.9. The zero-order valence-corrected chi connectivity index (χ0v) is 66.1. The summed E-state index contributed by atoms with van der Waals surface area (Å²) in [5, 5.41) is 0. The maximum Gasteiger partial charge on any atom is 0.164 e.